The lowest BCUT2D eigenvalue weighted by Crippen LogP contribution is -2.43. The minimum atomic E-state index is -0.789. The summed E-state index contributed by atoms with van der Waals surface area (Å²) in [5, 5.41) is 11.9. The molecule has 1 rings (SSSR count). The fraction of sp³-hybridized carbons (Fsp3) is 0.667. The maximum Gasteiger partial charge on any atom is 0.321 e. The molecule has 68 valence electrons. The Morgan fingerprint density at radius 2 is 2.42 bits per heavy atom. The third kappa shape index (κ3) is 2.34. The van der Waals surface area contributed by atoms with E-state index >= 15 is 0 Å². The van der Waals surface area contributed by atoms with Crippen LogP contribution >= 0.6 is 0 Å². The molecule has 1 saturated carbocycles. The molecular formula is C9H15NO2. The molecule has 1 atom stereocenters. The number of carboxylic acids is 1. The molecule has 0 aliphatic heterocycles. The van der Waals surface area contributed by atoms with Gasteiger partial charge in [-0.3, -0.25) is 10.1 Å². The van der Waals surface area contributed by atoms with Crippen LogP contribution < -0.4 is 5.32 Å². The Hall–Kier alpha value is -0.830. The molecule has 3 nitrogen and oxygen atoms in total. The van der Waals surface area contributed by atoms with E-state index in [4.69, 9.17) is 5.11 Å². The molecule has 2 N–H and O–H groups in total. The summed E-state index contributed by atoms with van der Waals surface area (Å²) >= 11 is 0. The summed E-state index contributed by atoms with van der Waals surface area (Å²) in [6.45, 7) is 5.58. The van der Waals surface area contributed by atoms with E-state index in [0.29, 0.717) is 6.42 Å². The molecule has 0 radical (unpaired) electrons. The second kappa shape index (κ2) is 3.27. The number of carbonyl (C=O) groups is 1. The highest BCUT2D eigenvalue weighted by Crippen LogP contribution is 2.35. The first-order chi connectivity index (χ1) is 5.57. The molecule has 0 heterocycles. The van der Waals surface area contributed by atoms with Gasteiger partial charge in [0, 0.05) is 5.54 Å². The Kier molecular flexibility index (Phi) is 2.52. The van der Waals surface area contributed by atoms with Crippen LogP contribution in [0.2, 0.25) is 0 Å². The zero-order valence-corrected chi connectivity index (χ0v) is 7.34. The summed E-state index contributed by atoms with van der Waals surface area (Å²) < 4.78 is 0. The summed E-state index contributed by atoms with van der Waals surface area (Å²) in [5.41, 5.74) is 0.0755. The normalized spacial score (nSPS) is 21.4. The van der Waals surface area contributed by atoms with Gasteiger partial charge in [0.25, 0.3) is 0 Å². The van der Waals surface area contributed by atoms with E-state index in [1.165, 1.54) is 0 Å². The third-order valence-corrected chi connectivity index (χ3v) is 2.22. The van der Waals surface area contributed by atoms with Gasteiger partial charge in [-0.2, -0.15) is 0 Å². The molecule has 0 spiro atoms. The Labute approximate surface area is 72.5 Å². The zero-order chi connectivity index (χ0) is 9.19. The fourth-order valence-corrected chi connectivity index (χ4v) is 1.14. The maximum absolute atomic E-state index is 10.7. The first-order valence-electron chi connectivity index (χ1n) is 4.19. The molecular weight excluding hydrogens is 154 g/mol. The summed E-state index contributed by atoms with van der Waals surface area (Å²) in [4.78, 5) is 10.7. The molecule has 3 heteroatoms. The van der Waals surface area contributed by atoms with Crippen LogP contribution in [-0.2, 0) is 4.79 Å². The van der Waals surface area contributed by atoms with Crippen LogP contribution in [0.5, 0.6) is 0 Å². The van der Waals surface area contributed by atoms with Crippen molar-refractivity contribution in [1.82, 2.24) is 5.32 Å². The van der Waals surface area contributed by atoms with Gasteiger partial charge in [0.15, 0.2) is 0 Å². The van der Waals surface area contributed by atoms with Gasteiger partial charge in [-0.05, 0) is 26.2 Å². The molecule has 0 unspecified atom stereocenters. The maximum atomic E-state index is 10.7. The summed E-state index contributed by atoms with van der Waals surface area (Å²) in [5.74, 6) is -0.789. The minimum absolute atomic E-state index is 0.0755. The lowest BCUT2D eigenvalue weighted by atomic mass is 10.1. The quantitative estimate of drug-likeness (QED) is 0.607. The van der Waals surface area contributed by atoms with Gasteiger partial charge >= 0.3 is 5.97 Å². The topological polar surface area (TPSA) is 49.3 Å². The Morgan fingerprint density at radius 1 is 1.83 bits per heavy atom. The first-order valence-corrected chi connectivity index (χ1v) is 4.19. The predicted octanol–water partition coefficient (Wildman–Crippen LogP) is 1.16. The van der Waals surface area contributed by atoms with Gasteiger partial charge in [-0.15, -0.1) is 6.58 Å². The monoisotopic (exact) mass is 169 g/mol. The molecule has 12 heavy (non-hydrogen) atoms. The number of aliphatic carboxylic acids is 1. The lowest BCUT2D eigenvalue weighted by molar-refractivity contribution is -0.139. The van der Waals surface area contributed by atoms with Gasteiger partial charge in [0.1, 0.15) is 6.04 Å². The Bertz CT molecular complexity index is 197. The third-order valence-electron chi connectivity index (χ3n) is 2.22. The van der Waals surface area contributed by atoms with Crippen molar-refractivity contribution in [3.8, 4) is 0 Å². The van der Waals surface area contributed by atoms with Crippen molar-refractivity contribution in [3.05, 3.63) is 12.7 Å². The second-order valence-electron chi connectivity index (χ2n) is 3.62. The van der Waals surface area contributed by atoms with E-state index in [1.54, 1.807) is 6.08 Å². The average molecular weight is 169 g/mol. The van der Waals surface area contributed by atoms with E-state index in [-0.39, 0.29) is 5.54 Å². The van der Waals surface area contributed by atoms with Crippen LogP contribution in [0, 0.1) is 0 Å². The van der Waals surface area contributed by atoms with Crippen molar-refractivity contribution in [1.29, 1.82) is 0 Å². The van der Waals surface area contributed by atoms with Gasteiger partial charge < -0.3 is 5.11 Å². The fourth-order valence-electron chi connectivity index (χ4n) is 1.14. The van der Waals surface area contributed by atoms with E-state index in [9.17, 15) is 4.79 Å². The smallest absolute Gasteiger partial charge is 0.321 e. The van der Waals surface area contributed by atoms with E-state index < -0.39 is 12.0 Å². The molecule has 1 fully saturated rings. The number of rotatable bonds is 5. The van der Waals surface area contributed by atoms with E-state index in [0.717, 1.165) is 12.8 Å². The highest BCUT2D eigenvalue weighted by atomic mass is 16.4. The largest absolute Gasteiger partial charge is 0.480 e. The van der Waals surface area contributed by atoms with E-state index in [2.05, 4.69) is 11.9 Å². The molecule has 0 saturated heterocycles. The van der Waals surface area contributed by atoms with Crippen molar-refractivity contribution in [2.75, 3.05) is 0 Å². The van der Waals surface area contributed by atoms with Gasteiger partial charge in [-0.25, -0.2) is 0 Å². The molecule has 1 aliphatic carbocycles. The SMILES string of the molecule is C=CC[C@@H](NC1(C)CC1)C(=O)O. The van der Waals surface area contributed by atoms with Crippen molar-refractivity contribution in [2.45, 2.75) is 37.8 Å². The van der Waals surface area contributed by atoms with Crippen LogP contribution in [0.4, 0.5) is 0 Å². The summed E-state index contributed by atoms with van der Waals surface area (Å²) in [6.07, 6.45) is 4.28. The molecule has 0 aromatic heterocycles. The van der Waals surface area contributed by atoms with Gasteiger partial charge in [0.2, 0.25) is 0 Å². The highest BCUT2D eigenvalue weighted by Gasteiger charge is 2.39. The molecule has 0 aromatic carbocycles. The number of hydrogen-bond acceptors (Lipinski definition) is 2. The standard InChI is InChI=1S/C9H15NO2/c1-3-4-7(8(11)12)10-9(2)5-6-9/h3,7,10H,1,4-6H2,2H3,(H,11,12)/t7-/m1/s1. The van der Waals surface area contributed by atoms with E-state index in [1.807, 2.05) is 6.92 Å². The van der Waals surface area contributed by atoms with Crippen molar-refractivity contribution < 1.29 is 9.90 Å². The molecule has 1 aliphatic rings. The Balaban J connectivity index is 2.42. The molecule has 0 bridgehead atoms. The first kappa shape index (κ1) is 9.26. The minimum Gasteiger partial charge on any atom is -0.480 e. The summed E-state index contributed by atoms with van der Waals surface area (Å²) in [7, 11) is 0. The number of nitrogens with one attached hydrogen (secondary N) is 1. The molecule has 0 aromatic rings. The van der Waals surface area contributed by atoms with Crippen LogP contribution in [-0.4, -0.2) is 22.7 Å². The highest BCUT2D eigenvalue weighted by molar-refractivity contribution is 5.73. The van der Waals surface area contributed by atoms with Crippen LogP contribution in [0.1, 0.15) is 26.2 Å². The van der Waals surface area contributed by atoms with Crippen LogP contribution in [0.25, 0.3) is 0 Å². The predicted molar refractivity (Wildman–Crippen MR) is 47.0 cm³/mol. The average Bonchev–Trinajstić information content (AvgIpc) is 2.67. The van der Waals surface area contributed by atoms with Crippen LogP contribution in [0.15, 0.2) is 12.7 Å². The zero-order valence-electron chi connectivity index (χ0n) is 7.34. The molecule has 0 amide bonds. The van der Waals surface area contributed by atoms with Crippen LogP contribution in [0.3, 0.4) is 0 Å². The summed E-state index contributed by atoms with van der Waals surface area (Å²) in [6, 6.07) is -0.463. The number of hydrogen-bond donors (Lipinski definition) is 2. The van der Waals surface area contributed by atoms with Crippen molar-refractivity contribution in [2.24, 2.45) is 0 Å². The van der Waals surface area contributed by atoms with Crippen molar-refractivity contribution >= 4 is 5.97 Å². The van der Waals surface area contributed by atoms with Gasteiger partial charge in [-0.1, -0.05) is 6.08 Å². The van der Waals surface area contributed by atoms with Crippen molar-refractivity contribution in [3.63, 3.8) is 0 Å². The second-order valence-corrected chi connectivity index (χ2v) is 3.62. The Morgan fingerprint density at radius 3 is 2.75 bits per heavy atom. The number of carboxylic acid groups (broad SMARTS) is 1. The lowest BCUT2D eigenvalue weighted by Gasteiger charge is -2.17. The van der Waals surface area contributed by atoms with Gasteiger partial charge in [0.05, 0.1) is 0 Å².